The Labute approximate surface area is 131 Å². The van der Waals surface area contributed by atoms with E-state index >= 15 is 0 Å². The van der Waals surface area contributed by atoms with Crippen LogP contribution in [0.2, 0.25) is 0 Å². The third kappa shape index (κ3) is 3.73. The fraction of sp³-hybridized carbons (Fsp3) is 0.200. The predicted molar refractivity (Wildman–Crippen MR) is 91.8 cm³/mol. The van der Waals surface area contributed by atoms with E-state index in [4.69, 9.17) is 0 Å². The van der Waals surface area contributed by atoms with Gasteiger partial charge in [0.1, 0.15) is 0 Å². The van der Waals surface area contributed by atoms with E-state index in [0.29, 0.717) is 13.0 Å². The standard InChI is InChI=1S/C20H21NO/c22-19(13-16-7-2-1-3-8-16)15-21-14-18-11-6-10-17-9-4-5-12-20(17)18/h1-12,19,21-22H,13-15H2/t19-/m1/s1. The van der Waals surface area contributed by atoms with E-state index in [9.17, 15) is 5.11 Å². The summed E-state index contributed by atoms with van der Waals surface area (Å²) in [5.41, 5.74) is 2.44. The lowest BCUT2D eigenvalue weighted by atomic mass is 10.0. The van der Waals surface area contributed by atoms with Crippen LogP contribution >= 0.6 is 0 Å². The van der Waals surface area contributed by atoms with Crippen molar-refractivity contribution in [3.8, 4) is 0 Å². The van der Waals surface area contributed by atoms with Gasteiger partial charge in [-0.25, -0.2) is 0 Å². The molecule has 3 rings (SSSR count). The molecule has 0 amide bonds. The molecule has 0 heterocycles. The van der Waals surface area contributed by atoms with Gasteiger partial charge in [-0.05, 0) is 28.3 Å². The van der Waals surface area contributed by atoms with Gasteiger partial charge in [0.15, 0.2) is 0 Å². The Morgan fingerprint density at radius 3 is 2.41 bits per heavy atom. The minimum atomic E-state index is -0.364. The zero-order valence-corrected chi connectivity index (χ0v) is 12.6. The first-order chi connectivity index (χ1) is 10.8. The molecule has 3 aromatic carbocycles. The first-order valence-electron chi connectivity index (χ1n) is 7.72. The number of aliphatic hydroxyl groups is 1. The Morgan fingerprint density at radius 1 is 0.818 bits per heavy atom. The van der Waals surface area contributed by atoms with Gasteiger partial charge in [0, 0.05) is 13.1 Å². The van der Waals surface area contributed by atoms with Crippen LogP contribution in [0.1, 0.15) is 11.1 Å². The van der Waals surface area contributed by atoms with Crippen LogP contribution in [-0.4, -0.2) is 17.8 Å². The van der Waals surface area contributed by atoms with Crippen LogP contribution in [0.25, 0.3) is 10.8 Å². The summed E-state index contributed by atoms with van der Waals surface area (Å²) < 4.78 is 0. The van der Waals surface area contributed by atoms with E-state index in [1.165, 1.54) is 21.9 Å². The molecule has 2 nitrogen and oxygen atoms in total. The Balaban J connectivity index is 1.56. The zero-order valence-electron chi connectivity index (χ0n) is 12.6. The van der Waals surface area contributed by atoms with Gasteiger partial charge in [-0.15, -0.1) is 0 Å². The number of nitrogens with one attached hydrogen (secondary N) is 1. The van der Waals surface area contributed by atoms with Crippen molar-refractivity contribution in [1.82, 2.24) is 5.32 Å². The lowest BCUT2D eigenvalue weighted by Gasteiger charge is -2.13. The van der Waals surface area contributed by atoms with E-state index in [2.05, 4.69) is 47.8 Å². The van der Waals surface area contributed by atoms with Crippen molar-refractivity contribution in [2.24, 2.45) is 0 Å². The quantitative estimate of drug-likeness (QED) is 0.728. The van der Waals surface area contributed by atoms with Crippen molar-refractivity contribution in [1.29, 1.82) is 0 Å². The van der Waals surface area contributed by atoms with E-state index in [1.54, 1.807) is 0 Å². The fourth-order valence-electron chi connectivity index (χ4n) is 2.78. The van der Waals surface area contributed by atoms with Gasteiger partial charge in [-0.2, -0.15) is 0 Å². The molecule has 2 heteroatoms. The molecule has 0 aliphatic carbocycles. The largest absolute Gasteiger partial charge is 0.391 e. The van der Waals surface area contributed by atoms with E-state index in [1.807, 2.05) is 30.3 Å². The lowest BCUT2D eigenvalue weighted by molar-refractivity contribution is 0.171. The average Bonchev–Trinajstić information content (AvgIpc) is 2.56. The Bertz CT molecular complexity index is 719. The Hall–Kier alpha value is -2.16. The second-order valence-corrected chi connectivity index (χ2v) is 5.61. The van der Waals surface area contributed by atoms with Crippen molar-refractivity contribution in [3.05, 3.63) is 83.9 Å². The topological polar surface area (TPSA) is 32.3 Å². The molecule has 0 spiro atoms. The minimum Gasteiger partial charge on any atom is -0.391 e. The molecule has 0 saturated carbocycles. The first kappa shape index (κ1) is 14.8. The third-order valence-electron chi connectivity index (χ3n) is 3.89. The normalized spacial score (nSPS) is 12.4. The summed E-state index contributed by atoms with van der Waals surface area (Å²) in [6.45, 7) is 1.37. The molecule has 0 aliphatic heterocycles. The van der Waals surface area contributed by atoms with Crippen LogP contribution in [0.5, 0.6) is 0 Å². The van der Waals surface area contributed by atoms with Crippen LogP contribution in [0.4, 0.5) is 0 Å². The first-order valence-corrected chi connectivity index (χ1v) is 7.72. The summed E-state index contributed by atoms with van der Waals surface area (Å²) in [6.07, 6.45) is 0.320. The predicted octanol–water partition coefficient (Wildman–Crippen LogP) is 3.53. The highest BCUT2D eigenvalue weighted by atomic mass is 16.3. The average molecular weight is 291 g/mol. The van der Waals surface area contributed by atoms with Gasteiger partial charge >= 0.3 is 0 Å². The molecule has 22 heavy (non-hydrogen) atoms. The molecular weight excluding hydrogens is 270 g/mol. The lowest BCUT2D eigenvalue weighted by Crippen LogP contribution is -2.28. The highest BCUT2D eigenvalue weighted by Gasteiger charge is 2.06. The molecule has 0 unspecified atom stereocenters. The second kappa shape index (κ2) is 7.21. The van der Waals surface area contributed by atoms with Crippen LogP contribution in [0, 0.1) is 0 Å². The molecule has 112 valence electrons. The van der Waals surface area contributed by atoms with Crippen LogP contribution in [0.15, 0.2) is 72.8 Å². The molecule has 0 saturated heterocycles. The SMILES string of the molecule is O[C@@H](CNCc1cccc2ccccc12)Cc1ccccc1. The van der Waals surface area contributed by atoms with Gasteiger partial charge in [-0.3, -0.25) is 0 Å². The maximum absolute atomic E-state index is 10.1. The summed E-state index contributed by atoms with van der Waals surface area (Å²) in [4.78, 5) is 0. The summed E-state index contributed by atoms with van der Waals surface area (Å²) in [7, 11) is 0. The summed E-state index contributed by atoms with van der Waals surface area (Å²) >= 11 is 0. The molecule has 0 aliphatic rings. The zero-order chi connectivity index (χ0) is 15.2. The van der Waals surface area contributed by atoms with Gasteiger partial charge in [-0.1, -0.05) is 72.8 Å². The number of aliphatic hydroxyl groups excluding tert-OH is 1. The van der Waals surface area contributed by atoms with Crippen LogP contribution < -0.4 is 5.32 Å². The van der Waals surface area contributed by atoms with Crippen LogP contribution in [-0.2, 0) is 13.0 Å². The third-order valence-corrected chi connectivity index (χ3v) is 3.89. The smallest absolute Gasteiger partial charge is 0.0704 e. The molecule has 0 fully saturated rings. The molecular formula is C20H21NO. The molecule has 2 N–H and O–H groups in total. The van der Waals surface area contributed by atoms with Gasteiger partial charge in [0.2, 0.25) is 0 Å². The van der Waals surface area contributed by atoms with Gasteiger partial charge < -0.3 is 10.4 Å². The maximum Gasteiger partial charge on any atom is 0.0704 e. The number of fused-ring (bicyclic) bond motifs is 1. The van der Waals surface area contributed by atoms with Gasteiger partial charge in [0.05, 0.1) is 6.10 Å². The summed E-state index contributed by atoms with van der Waals surface area (Å²) in [5, 5.41) is 16.0. The second-order valence-electron chi connectivity index (χ2n) is 5.61. The Kier molecular flexibility index (Phi) is 4.84. The number of benzene rings is 3. The van der Waals surface area contributed by atoms with E-state index in [0.717, 1.165) is 6.54 Å². The van der Waals surface area contributed by atoms with Crippen molar-refractivity contribution >= 4 is 10.8 Å². The maximum atomic E-state index is 10.1. The summed E-state index contributed by atoms with van der Waals surface area (Å²) in [5.74, 6) is 0. The highest BCUT2D eigenvalue weighted by Crippen LogP contribution is 2.18. The fourth-order valence-corrected chi connectivity index (χ4v) is 2.78. The summed E-state index contributed by atoms with van der Waals surface area (Å²) in [6, 6.07) is 24.9. The van der Waals surface area contributed by atoms with Crippen molar-refractivity contribution in [3.63, 3.8) is 0 Å². The monoisotopic (exact) mass is 291 g/mol. The molecule has 0 aromatic heterocycles. The van der Waals surface area contributed by atoms with Gasteiger partial charge in [0.25, 0.3) is 0 Å². The molecule has 0 bridgehead atoms. The van der Waals surface area contributed by atoms with Crippen LogP contribution in [0.3, 0.4) is 0 Å². The highest BCUT2D eigenvalue weighted by molar-refractivity contribution is 5.85. The molecule has 3 aromatic rings. The number of hydrogen-bond acceptors (Lipinski definition) is 2. The van der Waals surface area contributed by atoms with Crippen molar-refractivity contribution in [2.45, 2.75) is 19.1 Å². The van der Waals surface area contributed by atoms with Crippen molar-refractivity contribution < 1.29 is 5.11 Å². The minimum absolute atomic E-state index is 0.364. The number of hydrogen-bond donors (Lipinski definition) is 2. The number of rotatable bonds is 6. The Morgan fingerprint density at radius 2 is 1.55 bits per heavy atom. The van der Waals surface area contributed by atoms with E-state index in [-0.39, 0.29) is 6.10 Å². The van der Waals surface area contributed by atoms with Crippen molar-refractivity contribution in [2.75, 3.05) is 6.54 Å². The molecule has 1 atom stereocenters. The van der Waals surface area contributed by atoms with E-state index < -0.39 is 0 Å². The molecule has 0 radical (unpaired) electrons.